The fourth-order valence-electron chi connectivity index (χ4n) is 1.57. The van der Waals surface area contributed by atoms with Gasteiger partial charge in [-0.1, -0.05) is 27.5 Å². The van der Waals surface area contributed by atoms with E-state index in [1.807, 2.05) is 12.1 Å². The highest BCUT2D eigenvalue weighted by Gasteiger charge is 2.06. The van der Waals surface area contributed by atoms with E-state index in [0.717, 1.165) is 9.37 Å². The van der Waals surface area contributed by atoms with Gasteiger partial charge in [-0.15, -0.1) is 11.8 Å². The van der Waals surface area contributed by atoms with Crippen molar-refractivity contribution in [3.05, 3.63) is 55.9 Å². The summed E-state index contributed by atoms with van der Waals surface area (Å²) in [6.07, 6.45) is 1.38. The minimum Gasteiger partial charge on any atom is -0.506 e. The van der Waals surface area contributed by atoms with E-state index < -0.39 is 0 Å². The molecular formula is C15H11Br2ClN2O2S. The Kier molecular flexibility index (Phi) is 6.95. The van der Waals surface area contributed by atoms with Gasteiger partial charge in [0, 0.05) is 20.0 Å². The van der Waals surface area contributed by atoms with Crippen molar-refractivity contribution in [2.45, 2.75) is 4.90 Å². The molecule has 0 atom stereocenters. The van der Waals surface area contributed by atoms with Crippen LogP contribution < -0.4 is 5.43 Å². The summed E-state index contributed by atoms with van der Waals surface area (Å²) < 4.78 is 1.33. The van der Waals surface area contributed by atoms with E-state index in [0.29, 0.717) is 15.1 Å². The van der Waals surface area contributed by atoms with Crippen LogP contribution in [0.4, 0.5) is 0 Å². The van der Waals surface area contributed by atoms with Crippen LogP contribution in [-0.2, 0) is 4.79 Å². The van der Waals surface area contributed by atoms with E-state index in [-0.39, 0.29) is 17.4 Å². The Morgan fingerprint density at radius 3 is 2.70 bits per heavy atom. The number of hydrogen-bond acceptors (Lipinski definition) is 4. The molecule has 0 bridgehead atoms. The van der Waals surface area contributed by atoms with Crippen LogP contribution in [0.1, 0.15) is 5.56 Å². The molecule has 0 unspecified atom stereocenters. The lowest BCUT2D eigenvalue weighted by molar-refractivity contribution is -0.118. The minimum atomic E-state index is -0.241. The standard InChI is InChI=1S/C15H11Br2ClN2O2S/c16-10-5-9(15(22)13(17)6-10)7-19-20-14(21)8-23-12-3-1-11(18)2-4-12/h1-7,22H,8H2,(H,20,21)/b19-7-. The van der Waals surface area contributed by atoms with E-state index in [1.54, 1.807) is 24.3 Å². The Morgan fingerprint density at radius 1 is 1.30 bits per heavy atom. The topological polar surface area (TPSA) is 61.7 Å². The van der Waals surface area contributed by atoms with Crippen molar-refractivity contribution >= 4 is 67.3 Å². The van der Waals surface area contributed by atoms with Gasteiger partial charge in [0.25, 0.3) is 0 Å². The molecule has 2 aromatic carbocycles. The summed E-state index contributed by atoms with van der Waals surface area (Å²) in [5.74, 6) is 0.0455. The zero-order chi connectivity index (χ0) is 16.8. The van der Waals surface area contributed by atoms with Crippen LogP contribution in [0, 0.1) is 0 Å². The average Bonchev–Trinajstić information content (AvgIpc) is 2.51. The van der Waals surface area contributed by atoms with Gasteiger partial charge in [0.05, 0.1) is 16.4 Å². The second-order valence-electron chi connectivity index (χ2n) is 4.36. The highest BCUT2D eigenvalue weighted by Crippen LogP contribution is 2.30. The maximum Gasteiger partial charge on any atom is 0.250 e. The van der Waals surface area contributed by atoms with Gasteiger partial charge in [-0.2, -0.15) is 5.10 Å². The largest absolute Gasteiger partial charge is 0.506 e. The van der Waals surface area contributed by atoms with Crippen LogP contribution in [0.5, 0.6) is 5.75 Å². The van der Waals surface area contributed by atoms with Gasteiger partial charge in [0.1, 0.15) is 5.75 Å². The summed E-state index contributed by atoms with van der Waals surface area (Å²) in [4.78, 5) is 12.7. The Balaban J connectivity index is 1.88. The molecule has 0 fully saturated rings. The normalized spacial score (nSPS) is 10.9. The Morgan fingerprint density at radius 2 is 2.00 bits per heavy atom. The summed E-state index contributed by atoms with van der Waals surface area (Å²) in [5, 5.41) is 14.4. The molecule has 0 aliphatic carbocycles. The molecule has 0 aliphatic rings. The summed E-state index contributed by atoms with van der Waals surface area (Å²) in [6.45, 7) is 0. The van der Waals surface area contributed by atoms with Crippen LogP contribution in [0.2, 0.25) is 5.02 Å². The molecule has 4 nitrogen and oxygen atoms in total. The molecule has 23 heavy (non-hydrogen) atoms. The zero-order valence-corrected chi connectivity index (χ0v) is 16.3. The lowest BCUT2D eigenvalue weighted by Gasteiger charge is -2.03. The monoisotopic (exact) mass is 476 g/mol. The summed E-state index contributed by atoms with van der Waals surface area (Å²) in [6, 6.07) is 10.6. The third kappa shape index (κ3) is 5.84. The van der Waals surface area contributed by atoms with Gasteiger partial charge in [0.15, 0.2) is 0 Å². The van der Waals surface area contributed by atoms with Crippen molar-refractivity contribution in [3.8, 4) is 5.75 Å². The highest BCUT2D eigenvalue weighted by atomic mass is 79.9. The van der Waals surface area contributed by atoms with Gasteiger partial charge in [0.2, 0.25) is 5.91 Å². The van der Waals surface area contributed by atoms with Crippen LogP contribution >= 0.6 is 55.2 Å². The van der Waals surface area contributed by atoms with Crippen LogP contribution in [0.15, 0.2) is 55.3 Å². The van der Waals surface area contributed by atoms with Crippen molar-refractivity contribution in [2.24, 2.45) is 5.10 Å². The molecule has 0 radical (unpaired) electrons. The number of nitrogens with one attached hydrogen (secondary N) is 1. The SMILES string of the molecule is O=C(CSc1ccc(Cl)cc1)N/N=C\c1cc(Br)cc(Br)c1O. The first-order chi connectivity index (χ1) is 11.0. The van der Waals surface area contributed by atoms with E-state index >= 15 is 0 Å². The van der Waals surface area contributed by atoms with Crippen LogP contribution in [0.3, 0.4) is 0 Å². The maximum atomic E-state index is 11.7. The van der Waals surface area contributed by atoms with Crippen LogP contribution in [0.25, 0.3) is 0 Å². The molecule has 0 aromatic heterocycles. The zero-order valence-electron chi connectivity index (χ0n) is 11.6. The lowest BCUT2D eigenvalue weighted by atomic mass is 10.2. The number of nitrogens with zero attached hydrogens (tertiary/aromatic N) is 1. The fraction of sp³-hybridized carbons (Fsp3) is 0.0667. The average molecular weight is 479 g/mol. The number of carbonyl (C=O) groups excluding carboxylic acids is 1. The minimum absolute atomic E-state index is 0.0572. The van der Waals surface area contributed by atoms with Crippen molar-refractivity contribution in [2.75, 3.05) is 5.75 Å². The smallest absolute Gasteiger partial charge is 0.250 e. The lowest BCUT2D eigenvalue weighted by Crippen LogP contribution is -2.19. The first-order valence-electron chi connectivity index (χ1n) is 6.34. The van der Waals surface area contributed by atoms with Gasteiger partial charge in [-0.25, -0.2) is 5.43 Å². The molecule has 0 saturated heterocycles. The molecule has 0 spiro atoms. The molecule has 8 heteroatoms. The molecule has 0 heterocycles. The number of thioether (sulfide) groups is 1. The van der Waals surface area contributed by atoms with E-state index in [1.165, 1.54) is 18.0 Å². The quantitative estimate of drug-likeness (QED) is 0.368. The number of hydrazone groups is 1. The number of benzene rings is 2. The fourth-order valence-corrected chi connectivity index (χ4v) is 3.65. The van der Waals surface area contributed by atoms with E-state index in [4.69, 9.17) is 11.6 Å². The Bertz CT molecular complexity index is 739. The molecule has 2 aromatic rings. The third-order valence-corrected chi connectivity index (χ3v) is 4.96. The van der Waals surface area contributed by atoms with E-state index in [9.17, 15) is 9.90 Å². The number of carbonyl (C=O) groups is 1. The van der Waals surface area contributed by atoms with Crippen molar-refractivity contribution in [3.63, 3.8) is 0 Å². The number of hydrogen-bond donors (Lipinski definition) is 2. The summed E-state index contributed by atoms with van der Waals surface area (Å²) in [5.41, 5.74) is 2.90. The molecule has 0 aliphatic heterocycles. The van der Waals surface area contributed by atoms with Gasteiger partial charge < -0.3 is 5.11 Å². The van der Waals surface area contributed by atoms with Crippen molar-refractivity contribution in [1.82, 2.24) is 5.43 Å². The molecule has 0 saturated carbocycles. The first-order valence-corrected chi connectivity index (χ1v) is 9.29. The van der Waals surface area contributed by atoms with Gasteiger partial charge in [-0.3, -0.25) is 4.79 Å². The number of aromatic hydroxyl groups is 1. The number of amides is 1. The molecule has 120 valence electrons. The third-order valence-electron chi connectivity index (χ3n) is 2.63. The number of phenols is 1. The van der Waals surface area contributed by atoms with Gasteiger partial charge >= 0.3 is 0 Å². The number of halogens is 3. The summed E-state index contributed by atoms with van der Waals surface area (Å²) >= 11 is 13.7. The van der Waals surface area contributed by atoms with Gasteiger partial charge in [-0.05, 0) is 52.3 Å². The number of rotatable bonds is 5. The molecule has 2 rings (SSSR count). The first kappa shape index (κ1) is 18.3. The predicted octanol–water partition coefficient (Wildman–Crippen LogP) is 4.81. The molecule has 1 amide bonds. The predicted molar refractivity (Wildman–Crippen MR) is 101 cm³/mol. The van der Waals surface area contributed by atoms with Crippen molar-refractivity contribution < 1.29 is 9.90 Å². The maximum absolute atomic E-state index is 11.7. The van der Waals surface area contributed by atoms with Crippen LogP contribution in [-0.4, -0.2) is 23.0 Å². The highest BCUT2D eigenvalue weighted by molar-refractivity contribution is 9.11. The van der Waals surface area contributed by atoms with E-state index in [2.05, 4.69) is 42.4 Å². The second-order valence-corrected chi connectivity index (χ2v) is 7.62. The second kappa shape index (κ2) is 8.73. The van der Waals surface area contributed by atoms with Crippen molar-refractivity contribution in [1.29, 1.82) is 0 Å². The summed E-state index contributed by atoms with van der Waals surface area (Å²) in [7, 11) is 0. The number of phenolic OH excluding ortho intramolecular Hbond substituents is 1. The molecule has 2 N–H and O–H groups in total. The Labute approximate surface area is 159 Å². The molecular weight excluding hydrogens is 468 g/mol. The Hall–Kier alpha value is -1.02.